The van der Waals surface area contributed by atoms with E-state index >= 15 is 0 Å². The van der Waals surface area contributed by atoms with E-state index in [0.717, 1.165) is 0 Å². The van der Waals surface area contributed by atoms with Crippen LogP contribution >= 0.6 is 0 Å². The summed E-state index contributed by atoms with van der Waals surface area (Å²) in [6.45, 7) is 1.66. The number of hydrogen-bond acceptors (Lipinski definition) is 6. The van der Waals surface area contributed by atoms with Gasteiger partial charge in [0.05, 0.1) is 11.8 Å². The van der Waals surface area contributed by atoms with Crippen molar-refractivity contribution in [2.75, 3.05) is 6.26 Å². The van der Waals surface area contributed by atoms with Crippen LogP contribution < -0.4 is 0 Å². The smallest absolute Gasteiger partial charge is 0.399 e. The highest BCUT2D eigenvalue weighted by Gasteiger charge is 2.19. The molecule has 2 rings (SSSR count). The molecule has 0 bridgehead atoms. The van der Waals surface area contributed by atoms with E-state index in [0.29, 0.717) is 11.4 Å². The SMILES string of the molecule is Cc1c(-c2ccc([N+](=O)[O-])o2)nnn1S(C)=O. The highest BCUT2D eigenvalue weighted by atomic mass is 32.2. The molecular weight excluding hydrogens is 248 g/mol. The number of furan rings is 1. The fourth-order valence-corrected chi connectivity index (χ4v) is 1.95. The van der Waals surface area contributed by atoms with Crippen molar-refractivity contribution in [1.29, 1.82) is 0 Å². The third-order valence-corrected chi connectivity index (χ3v) is 2.94. The zero-order chi connectivity index (χ0) is 12.6. The van der Waals surface area contributed by atoms with Gasteiger partial charge >= 0.3 is 5.88 Å². The second-order valence-electron chi connectivity index (χ2n) is 3.22. The van der Waals surface area contributed by atoms with Crippen LogP contribution in [-0.4, -0.2) is 29.8 Å². The third kappa shape index (κ3) is 1.96. The monoisotopic (exact) mass is 256 g/mol. The molecule has 1 unspecified atom stereocenters. The normalized spacial score (nSPS) is 12.6. The lowest BCUT2D eigenvalue weighted by Gasteiger charge is -1.96. The average Bonchev–Trinajstić information content (AvgIpc) is 2.82. The Labute approximate surface area is 98.0 Å². The lowest BCUT2D eigenvalue weighted by Crippen LogP contribution is -2.05. The number of hydrogen-bond donors (Lipinski definition) is 0. The molecule has 0 aliphatic rings. The summed E-state index contributed by atoms with van der Waals surface area (Å²) in [4.78, 5) is 9.83. The van der Waals surface area contributed by atoms with Crippen molar-refractivity contribution in [2.24, 2.45) is 0 Å². The van der Waals surface area contributed by atoms with E-state index in [-0.39, 0.29) is 11.6 Å². The number of nitrogens with zero attached hydrogens (tertiary/aromatic N) is 4. The van der Waals surface area contributed by atoms with Crippen LogP contribution in [0.3, 0.4) is 0 Å². The van der Waals surface area contributed by atoms with Gasteiger partial charge in [0.15, 0.2) is 11.5 Å². The van der Waals surface area contributed by atoms with Gasteiger partial charge in [0.2, 0.25) is 0 Å². The van der Waals surface area contributed by atoms with Crippen molar-refractivity contribution in [2.45, 2.75) is 6.92 Å². The molecule has 0 aliphatic carbocycles. The van der Waals surface area contributed by atoms with Crippen molar-refractivity contribution in [1.82, 2.24) is 14.4 Å². The summed E-state index contributed by atoms with van der Waals surface area (Å²) in [5.74, 6) is -0.141. The minimum Gasteiger partial charge on any atom is -0.399 e. The number of nitro groups is 1. The topological polar surface area (TPSA) is 104 Å². The fraction of sp³-hybridized carbons (Fsp3) is 0.250. The predicted molar refractivity (Wildman–Crippen MR) is 58.6 cm³/mol. The van der Waals surface area contributed by atoms with Crippen LogP contribution in [0.2, 0.25) is 0 Å². The number of aromatic nitrogens is 3. The third-order valence-electron chi connectivity index (χ3n) is 2.10. The molecule has 0 N–H and O–H groups in total. The van der Waals surface area contributed by atoms with Gasteiger partial charge in [-0.1, -0.05) is 5.21 Å². The highest BCUT2D eigenvalue weighted by molar-refractivity contribution is 7.82. The van der Waals surface area contributed by atoms with E-state index in [2.05, 4.69) is 10.3 Å². The van der Waals surface area contributed by atoms with Crippen molar-refractivity contribution < 1.29 is 13.5 Å². The van der Waals surface area contributed by atoms with Crippen molar-refractivity contribution >= 4 is 16.9 Å². The second kappa shape index (κ2) is 4.09. The quantitative estimate of drug-likeness (QED) is 0.596. The van der Waals surface area contributed by atoms with Gasteiger partial charge < -0.3 is 4.42 Å². The van der Waals surface area contributed by atoms with Gasteiger partial charge in [-0.3, -0.25) is 10.1 Å². The van der Waals surface area contributed by atoms with Gasteiger partial charge in [0, 0.05) is 6.26 Å². The summed E-state index contributed by atoms with van der Waals surface area (Å²) < 4.78 is 17.5. The molecule has 0 aliphatic heterocycles. The first-order valence-corrected chi connectivity index (χ1v) is 6.03. The van der Waals surface area contributed by atoms with Gasteiger partial charge in [-0.15, -0.1) is 5.10 Å². The molecule has 0 saturated heterocycles. The Balaban J connectivity index is 2.46. The Morgan fingerprint density at radius 3 is 2.71 bits per heavy atom. The molecule has 0 spiro atoms. The maximum atomic E-state index is 11.3. The van der Waals surface area contributed by atoms with Crippen LogP contribution in [0.1, 0.15) is 5.69 Å². The highest BCUT2D eigenvalue weighted by Crippen LogP contribution is 2.26. The van der Waals surface area contributed by atoms with E-state index in [1.807, 2.05) is 0 Å². The average molecular weight is 256 g/mol. The first-order chi connectivity index (χ1) is 8.00. The van der Waals surface area contributed by atoms with Crippen LogP contribution in [0.4, 0.5) is 5.88 Å². The summed E-state index contributed by atoms with van der Waals surface area (Å²) in [5, 5.41) is 17.9. The van der Waals surface area contributed by atoms with Gasteiger partial charge in [0.1, 0.15) is 15.9 Å². The summed E-state index contributed by atoms with van der Waals surface area (Å²) in [6, 6.07) is 2.66. The molecule has 90 valence electrons. The molecule has 17 heavy (non-hydrogen) atoms. The Hall–Kier alpha value is -2.03. The van der Waals surface area contributed by atoms with E-state index in [4.69, 9.17) is 4.42 Å². The minimum atomic E-state index is -1.33. The van der Waals surface area contributed by atoms with Crippen LogP contribution in [0, 0.1) is 17.0 Å². The Kier molecular flexibility index (Phi) is 2.76. The molecule has 8 nitrogen and oxygen atoms in total. The maximum absolute atomic E-state index is 11.3. The summed E-state index contributed by atoms with van der Waals surface area (Å²) in [7, 11) is -1.33. The fourth-order valence-electron chi connectivity index (χ4n) is 1.34. The maximum Gasteiger partial charge on any atom is 0.433 e. The summed E-state index contributed by atoms with van der Waals surface area (Å²) >= 11 is 0. The van der Waals surface area contributed by atoms with Gasteiger partial charge in [0.25, 0.3) is 0 Å². The van der Waals surface area contributed by atoms with Crippen LogP contribution in [0.15, 0.2) is 16.5 Å². The van der Waals surface area contributed by atoms with E-state index < -0.39 is 15.9 Å². The Bertz CT molecular complexity index is 602. The molecule has 0 saturated carbocycles. The Morgan fingerprint density at radius 2 is 2.24 bits per heavy atom. The van der Waals surface area contributed by atoms with E-state index in [9.17, 15) is 14.3 Å². The zero-order valence-corrected chi connectivity index (χ0v) is 9.80. The van der Waals surface area contributed by atoms with Crippen molar-refractivity contribution in [3.63, 3.8) is 0 Å². The molecule has 1 atom stereocenters. The zero-order valence-electron chi connectivity index (χ0n) is 8.98. The van der Waals surface area contributed by atoms with Crippen molar-refractivity contribution in [3.05, 3.63) is 27.9 Å². The molecule has 2 aromatic rings. The lowest BCUT2D eigenvalue weighted by atomic mass is 10.3. The molecule has 0 aromatic carbocycles. The lowest BCUT2D eigenvalue weighted by molar-refractivity contribution is -0.401. The molecule has 9 heteroatoms. The summed E-state index contributed by atoms with van der Waals surface area (Å²) in [6.07, 6.45) is 1.45. The number of rotatable bonds is 3. The molecular formula is C8H8N4O4S. The van der Waals surface area contributed by atoms with Gasteiger partial charge in [-0.2, -0.15) is 4.09 Å². The predicted octanol–water partition coefficient (Wildman–Crippen LogP) is 0.896. The standard InChI is InChI=1S/C8H8N4O4S/c1-5-8(9-10-11(5)17(2)15)6-3-4-7(16-6)12(13)14/h3-4H,1-2H3. The van der Waals surface area contributed by atoms with E-state index in [1.165, 1.54) is 22.5 Å². The minimum absolute atomic E-state index is 0.228. The molecule has 2 heterocycles. The second-order valence-corrected chi connectivity index (χ2v) is 4.41. The first kappa shape index (κ1) is 11.5. The van der Waals surface area contributed by atoms with Gasteiger partial charge in [-0.05, 0) is 13.0 Å². The van der Waals surface area contributed by atoms with Crippen LogP contribution in [0.25, 0.3) is 11.5 Å². The van der Waals surface area contributed by atoms with Crippen molar-refractivity contribution in [3.8, 4) is 11.5 Å². The Morgan fingerprint density at radius 1 is 1.53 bits per heavy atom. The molecule has 0 amide bonds. The van der Waals surface area contributed by atoms with E-state index in [1.54, 1.807) is 6.92 Å². The van der Waals surface area contributed by atoms with Gasteiger partial charge in [-0.25, -0.2) is 4.21 Å². The molecule has 0 fully saturated rings. The first-order valence-electron chi connectivity index (χ1n) is 4.51. The molecule has 2 aromatic heterocycles. The largest absolute Gasteiger partial charge is 0.433 e. The summed E-state index contributed by atoms with van der Waals surface area (Å²) in [5.41, 5.74) is 0.864. The van der Waals surface area contributed by atoms with Crippen LogP contribution in [-0.2, 0) is 11.0 Å². The van der Waals surface area contributed by atoms with Crippen LogP contribution in [0.5, 0.6) is 0 Å². The molecule has 0 radical (unpaired) electrons.